The Hall–Kier alpha value is -2.74. The molecule has 0 aliphatic heterocycles. The molecule has 0 aliphatic carbocycles. The molecule has 0 amide bonds. The van der Waals surface area contributed by atoms with E-state index in [1.807, 2.05) is 0 Å². The number of sulfone groups is 1. The molecule has 0 fully saturated rings. The third-order valence-corrected chi connectivity index (χ3v) is 5.45. The van der Waals surface area contributed by atoms with Gasteiger partial charge in [-0.1, -0.05) is 18.2 Å². The minimum atomic E-state index is -4.50. The fourth-order valence-corrected chi connectivity index (χ4v) is 3.67. The first kappa shape index (κ1) is 20.0. The van der Waals surface area contributed by atoms with Crippen LogP contribution in [0, 0.1) is 12.7 Å². The highest BCUT2D eigenvalue weighted by molar-refractivity contribution is 7.90. The maximum Gasteiger partial charge on any atom is 0.416 e. The van der Waals surface area contributed by atoms with Gasteiger partial charge >= 0.3 is 6.18 Å². The number of halogens is 4. The van der Waals surface area contributed by atoms with Crippen molar-refractivity contribution in [3.8, 4) is 22.3 Å². The standard InChI is InChI=1S/C20H15F4NO2S/c1-12-3-4-13(9-17(12)20(22,23)24)15-7-8-25-11-16(15)14-5-6-19(18(21)10-14)28(2,26)27/h3-11H,1-2H3. The van der Waals surface area contributed by atoms with Crippen LogP contribution in [0.15, 0.2) is 59.8 Å². The van der Waals surface area contributed by atoms with Gasteiger partial charge in [0.05, 0.1) is 5.56 Å². The number of aromatic nitrogens is 1. The van der Waals surface area contributed by atoms with E-state index < -0.39 is 32.3 Å². The first-order chi connectivity index (χ1) is 13.0. The van der Waals surface area contributed by atoms with Gasteiger partial charge in [-0.05, 0) is 53.4 Å². The zero-order valence-corrected chi connectivity index (χ0v) is 15.7. The van der Waals surface area contributed by atoms with Crippen molar-refractivity contribution in [1.29, 1.82) is 0 Å². The van der Waals surface area contributed by atoms with Gasteiger partial charge in [0.1, 0.15) is 10.7 Å². The van der Waals surface area contributed by atoms with E-state index in [2.05, 4.69) is 4.98 Å². The van der Waals surface area contributed by atoms with Crippen molar-refractivity contribution in [3.05, 3.63) is 71.8 Å². The summed E-state index contributed by atoms with van der Waals surface area (Å²) in [5, 5.41) is 0. The van der Waals surface area contributed by atoms with E-state index in [9.17, 15) is 26.0 Å². The molecule has 0 bridgehead atoms. The van der Waals surface area contributed by atoms with Crippen molar-refractivity contribution in [1.82, 2.24) is 4.98 Å². The normalized spacial score (nSPS) is 12.2. The molecule has 3 rings (SSSR count). The summed E-state index contributed by atoms with van der Waals surface area (Å²) in [5.41, 5.74) is 0.747. The van der Waals surface area contributed by atoms with Crippen LogP contribution in [0.3, 0.4) is 0 Å². The van der Waals surface area contributed by atoms with Crippen LogP contribution in [0.4, 0.5) is 17.6 Å². The van der Waals surface area contributed by atoms with Gasteiger partial charge in [-0.25, -0.2) is 12.8 Å². The van der Waals surface area contributed by atoms with Gasteiger partial charge in [0.15, 0.2) is 9.84 Å². The summed E-state index contributed by atoms with van der Waals surface area (Å²) in [5.74, 6) is -0.935. The summed E-state index contributed by atoms with van der Waals surface area (Å²) in [7, 11) is -3.74. The topological polar surface area (TPSA) is 47.0 Å². The maximum absolute atomic E-state index is 14.3. The lowest BCUT2D eigenvalue weighted by molar-refractivity contribution is -0.138. The summed E-state index contributed by atoms with van der Waals surface area (Å²) in [6.45, 7) is 1.37. The van der Waals surface area contributed by atoms with Crippen LogP contribution in [-0.4, -0.2) is 19.7 Å². The third-order valence-electron chi connectivity index (χ3n) is 4.32. The summed E-state index contributed by atoms with van der Waals surface area (Å²) in [4.78, 5) is 3.53. The monoisotopic (exact) mass is 409 g/mol. The van der Waals surface area contributed by atoms with E-state index in [1.54, 1.807) is 6.07 Å². The fourth-order valence-electron chi connectivity index (χ4n) is 2.94. The molecule has 146 valence electrons. The van der Waals surface area contributed by atoms with Crippen molar-refractivity contribution >= 4 is 9.84 Å². The van der Waals surface area contributed by atoms with Crippen LogP contribution in [0.2, 0.25) is 0 Å². The van der Waals surface area contributed by atoms with Crippen molar-refractivity contribution in [3.63, 3.8) is 0 Å². The molecule has 1 heterocycles. The molecule has 2 aromatic carbocycles. The van der Waals surface area contributed by atoms with Gasteiger partial charge in [-0.15, -0.1) is 0 Å². The second-order valence-electron chi connectivity index (χ2n) is 6.37. The Morgan fingerprint density at radius 1 is 0.929 bits per heavy atom. The first-order valence-electron chi connectivity index (χ1n) is 8.10. The van der Waals surface area contributed by atoms with Crippen LogP contribution in [-0.2, 0) is 16.0 Å². The smallest absolute Gasteiger partial charge is 0.264 e. The molecule has 0 saturated heterocycles. The number of hydrogen-bond acceptors (Lipinski definition) is 3. The number of alkyl halides is 3. The minimum absolute atomic E-state index is 0.0930. The lowest BCUT2D eigenvalue weighted by atomic mass is 9.94. The zero-order chi connectivity index (χ0) is 20.7. The molecule has 0 unspecified atom stereocenters. The molecule has 0 atom stereocenters. The van der Waals surface area contributed by atoms with Crippen LogP contribution < -0.4 is 0 Å². The molecule has 0 spiro atoms. The van der Waals surface area contributed by atoms with Crippen molar-refractivity contribution in [2.45, 2.75) is 18.0 Å². The molecule has 1 aromatic heterocycles. The van der Waals surface area contributed by atoms with Gasteiger partial charge in [0, 0.05) is 24.2 Å². The Labute approximate surface area is 159 Å². The molecule has 0 radical (unpaired) electrons. The van der Waals surface area contributed by atoms with Crippen LogP contribution in [0.5, 0.6) is 0 Å². The summed E-state index contributed by atoms with van der Waals surface area (Å²) in [6, 6.07) is 9.06. The van der Waals surface area contributed by atoms with Crippen LogP contribution in [0.25, 0.3) is 22.3 Å². The lowest BCUT2D eigenvalue weighted by Crippen LogP contribution is -2.07. The molecule has 0 N–H and O–H groups in total. The average Bonchev–Trinajstić information content (AvgIpc) is 2.60. The molecule has 0 aliphatic rings. The number of nitrogens with zero attached hydrogens (tertiary/aromatic N) is 1. The quantitative estimate of drug-likeness (QED) is 0.553. The van der Waals surface area contributed by atoms with Crippen molar-refractivity contribution < 1.29 is 26.0 Å². The number of hydrogen-bond donors (Lipinski definition) is 0. The molecule has 8 heteroatoms. The Morgan fingerprint density at radius 3 is 2.18 bits per heavy atom. The van der Waals surface area contributed by atoms with E-state index in [-0.39, 0.29) is 5.56 Å². The highest BCUT2D eigenvalue weighted by Crippen LogP contribution is 2.37. The predicted molar refractivity (Wildman–Crippen MR) is 97.9 cm³/mol. The highest BCUT2D eigenvalue weighted by Gasteiger charge is 2.32. The molecular formula is C20H15F4NO2S. The summed E-state index contributed by atoms with van der Waals surface area (Å²) < 4.78 is 77.3. The fraction of sp³-hybridized carbons (Fsp3) is 0.150. The van der Waals surface area contributed by atoms with Gasteiger partial charge in [0.2, 0.25) is 0 Å². The lowest BCUT2D eigenvalue weighted by Gasteiger charge is -2.15. The van der Waals surface area contributed by atoms with E-state index >= 15 is 0 Å². The predicted octanol–water partition coefficient (Wildman–Crippen LogP) is 5.29. The van der Waals surface area contributed by atoms with Crippen molar-refractivity contribution in [2.75, 3.05) is 6.26 Å². The second kappa shape index (κ2) is 7.01. The van der Waals surface area contributed by atoms with Gasteiger partial charge in [-0.2, -0.15) is 13.2 Å². The van der Waals surface area contributed by atoms with Gasteiger partial charge in [-0.3, -0.25) is 4.98 Å². The van der Waals surface area contributed by atoms with E-state index in [1.165, 1.54) is 37.5 Å². The maximum atomic E-state index is 14.3. The first-order valence-corrected chi connectivity index (χ1v) is 10.00. The molecule has 3 nitrogen and oxygen atoms in total. The third kappa shape index (κ3) is 3.91. The Balaban J connectivity index is 2.18. The van der Waals surface area contributed by atoms with Crippen LogP contribution >= 0.6 is 0 Å². The second-order valence-corrected chi connectivity index (χ2v) is 8.35. The molecule has 28 heavy (non-hydrogen) atoms. The van der Waals surface area contributed by atoms with E-state index in [4.69, 9.17) is 0 Å². The number of benzene rings is 2. The zero-order valence-electron chi connectivity index (χ0n) is 14.9. The number of rotatable bonds is 3. The Kier molecular flexibility index (Phi) is 5.01. The van der Waals surface area contributed by atoms with Crippen LogP contribution in [0.1, 0.15) is 11.1 Å². The Bertz CT molecular complexity index is 1160. The molecular weight excluding hydrogens is 394 g/mol. The van der Waals surface area contributed by atoms with Crippen molar-refractivity contribution in [2.24, 2.45) is 0 Å². The van der Waals surface area contributed by atoms with Gasteiger partial charge < -0.3 is 0 Å². The summed E-state index contributed by atoms with van der Waals surface area (Å²) in [6.07, 6.45) is -0.785. The minimum Gasteiger partial charge on any atom is -0.264 e. The Morgan fingerprint density at radius 2 is 1.57 bits per heavy atom. The SMILES string of the molecule is Cc1ccc(-c2ccncc2-c2ccc(S(C)(=O)=O)c(F)c2)cc1C(F)(F)F. The number of pyridine rings is 1. The van der Waals surface area contributed by atoms with Gasteiger partial charge in [0.25, 0.3) is 0 Å². The van der Waals surface area contributed by atoms with E-state index in [0.717, 1.165) is 24.5 Å². The highest BCUT2D eigenvalue weighted by atomic mass is 32.2. The number of aryl methyl sites for hydroxylation is 1. The summed E-state index contributed by atoms with van der Waals surface area (Å²) >= 11 is 0. The molecule has 0 saturated carbocycles. The van der Waals surface area contributed by atoms with E-state index in [0.29, 0.717) is 22.3 Å². The molecule has 3 aromatic rings. The largest absolute Gasteiger partial charge is 0.416 e. The average molecular weight is 409 g/mol.